The summed E-state index contributed by atoms with van der Waals surface area (Å²) in [5.41, 5.74) is 1.02. The van der Waals surface area contributed by atoms with Gasteiger partial charge in [-0.05, 0) is 39.0 Å². The summed E-state index contributed by atoms with van der Waals surface area (Å²) in [6, 6.07) is 3.59. The Morgan fingerprint density at radius 1 is 1.21 bits per heavy atom. The first-order chi connectivity index (χ1) is 11.3. The Kier molecular flexibility index (Phi) is 5.23. The first-order valence-corrected chi connectivity index (χ1v) is 8.61. The Morgan fingerprint density at radius 2 is 1.83 bits per heavy atom. The molecule has 1 N–H and O–H groups in total. The van der Waals surface area contributed by atoms with E-state index < -0.39 is 15.8 Å². The molecule has 0 amide bonds. The van der Waals surface area contributed by atoms with Crippen LogP contribution in [0.2, 0.25) is 0 Å². The fourth-order valence-electron chi connectivity index (χ4n) is 2.04. The lowest BCUT2D eigenvalue weighted by atomic mass is 10.3. The number of halogens is 1. The van der Waals surface area contributed by atoms with Gasteiger partial charge in [0.2, 0.25) is 0 Å². The highest BCUT2D eigenvalue weighted by Gasteiger charge is 2.20. The maximum absolute atomic E-state index is 13.9. The van der Waals surface area contributed by atoms with E-state index in [1.54, 1.807) is 20.8 Å². The van der Waals surface area contributed by atoms with Gasteiger partial charge < -0.3 is 9.47 Å². The third-order valence-electron chi connectivity index (χ3n) is 3.18. The fourth-order valence-corrected chi connectivity index (χ4v) is 3.23. The molecule has 0 radical (unpaired) electrons. The molecule has 0 saturated heterocycles. The van der Waals surface area contributed by atoms with Crippen molar-refractivity contribution in [3.8, 4) is 11.8 Å². The van der Waals surface area contributed by atoms with E-state index in [0.717, 1.165) is 6.07 Å². The molecule has 0 aliphatic rings. The van der Waals surface area contributed by atoms with Crippen LogP contribution in [0, 0.1) is 19.7 Å². The number of ether oxygens (including phenoxy) is 2. The number of aromatic nitrogens is 2. The zero-order valence-corrected chi connectivity index (χ0v) is 14.6. The van der Waals surface area contributed by atoms with Crippen molar-refractivity contribution in [1.29, 1.82) is 0 Å². The molecule has 0 atom stereocenters. The van der Waals surface area contributed by atoms with E-state index in [1.807, 2.05) is 0 Å². The summed E-state index contributed by atoms with van der Waals surface area (Å²) < 4.78 is 51.2. The van der Waals surface area contributed by atoms with Gasteiger partial charge in [0, 0.05) is 0 Å². The van der Waals surface area contributed by atoms with Crippen molar-refractivity contribution < 1.29 is 22.3 Å². The summed E-state index contributed by atoms with van der Waals surface area (Å²) in [6.45, 7) is 5.23. The van der Waals surface area contributed by atoms with Gasteiger partial charge in [0.05, 0.1) is 35.7 Å². The van der Waals surface area contributed by atoms with Crippen molar-refractivity contribution in [2.75, 3.05) is 18.4 Å². The van der Waals surface area contributed by atoms with Crippen LogP contribution in [0.5, 0.6) is 11.8 Å². The molecule has 0 spiro atoms. The number of hydrogen-bond donors (Lipinski definition) is 1. The Balaban J connectivity index is 2.37. The highest BCUT2D eigenvalue weighted by atomic mass is 32.2. The minimum absolute atomic E-state index is 0.00316. The molecule has 2 rings (SSSR count). The zero-order chi connectivity index (χ0) is 17.9. The molecule has 1 aromatic carbocycles. The van der Waals surface area contributed by atoms with Crippen LogP contribution in [0.15, 0.2) is 23.1 Å². The van der Waals surface area contributed by atoms with E-state index in [4.69, 9.17) is 9.47 Å². The van der Waals surface area contributed by atoms with E-state index in [0.29, 0.717) is 11.4 Å². The SMILES string of the molecule is CCOc1ccc(S(=O)(=O)Nc2c(C)nc(OC)nc2C)cc1F. The molecule has 0 saturated carbocycles. The van der Waals surface area contributed by atoms with Gasteiger partial charge in [-0.1, -0.05) is 0 Å². The largest absolute Gasteiger partial charge is 0.491 e. The fraction of sp³-hybridized carbons (Fsp3) is 0.333. The molecule has 0 unspecified atom stereocenters. The summed E-state index contributed by atoms with van der Waals surface area (Å²) in [5.74, 6) is -0.754. The Bertz CT molecular complexity index is 833. The smallest absolute Gasteiger partial charge is 0.316 e. The third-order valence-corrected chi connectivity index (χ3v) is 4.53. The predicted molar refractivity (Wildman–Crippen MR) is 86.4 cm³/mol. The van der Waals surface area contributed by atoms with Crippen molar-refractivity contribution in [3.05, 3.63) is 35.4 Å². The van der Waals surface area contributed by atoms with E-state index in [-0.39, 0.29) is 28.9 Å². The highest BCUT2D eigenvalue weighted by molar-refractivity contribution is 7.92. The number of anilines is 1. The number of benzene rings is 1. The van der Waals surface area contributed by atoms with Crippen LogP contribution >= 0.6 is 0 Å². The van der Waals surface area contributed by atoms with Crippen LogP contribution in [-0.2, 0) is 10.0 Å². The number of hydrogen-bond acceptors (Lipinski definition) is 6. The molecule has 0 fully saturated rings. The number of nitrogens with zero attached hydrogens (tertiary/aromatic N) is 2. The molecule has 0 aliphatic heterocycles. The monoisotopic (exact) mass is 355 g/mol. The van der Waals surface area contributed by atoms with Crippen LogP contribution in [-0.4, -0.2) is 32.1 Å². The van der Waals surface area contributed by atoms with Gasteiger partial charge in [0.25, 0.3) is 10.0 Å². The van der Waals surface area contributed by atoms with Gasteiger partial charge in [-0.15, -0.1) is 0 Å². The van der Waals surface area contributed by atoms with Crippen molar-refractivity contribution >= 4 is 15.7 Å². The summed E-state index contributed by atoms with van der Waals surface area (Å²) in [6.07, 6.45) is 0. The summed E-state index contributed by atoms with van der Waals surface area (Å²) in [7, 11) is -2.58. The van der Waals surface area contributed by atoms with Gasteiger partial charge in [0.1, 0.15) is 0 Å². The normalized spacial score (nSPS) is 11.2. The number of methoxy groups -OCH3 is 1. The average molecular weight is 355 g/mol. The Morgan fingerprint density at radius 3 is 2.33 bits per heavy atom. The van der Waals surface area contributed by atoms with E-state index in [1.165, 1.54) is 19.2 Å². The average Bonchev–Trinajstić information content (AvgIpc) is 2.52. The topological polar surface area (TPSA) is 90.4 Å². The standard InChI is InChI=1S/C15H18FN3O4S/c1-5-23-13-7-6-11(8-12(13)16)24(20,21)19-14-9(2)17-15(22-4)18-10(14)3/h6-8,19H,5H2,1-4H3. The minimum atomic E-state index is -4.00. The molecule has 2 aromatic rings. The van der Waals surface area contributed by atoms with Crippen molar-refractivity contribution in [2.24, 2.45) is 0 Å². The second-order valence-corrected chi connectivity index (χ2v) is 6.57. The molecule has 1 heterocycles. The zero-order valence-electron chi connectivity index (χ0n) is 13.8. The lowest BCUT2D eigenvalue weighted by molar-refractivity contribution is 0.321. The number of nitrogens with one attached hydrogen (secondary N) is 1. The van der Waals surface area contributed by atoms with Crippen LogP contribution in [0.25, 0.3) is 0 Å². The molecule has 7 nitrogen and oxygen atoms in total. The quantitative estimate of drug-likeness (QED) is 0.856. The molecule has 130 valence electrons. The molecular formula is C15H18FN3O4S. The van der Waals surface area contributed by atoms with Gasteiger partial charge >= 0.3 is 6.01 Å². The lowest BCUT2D eigenvalue weighted by Crippen LogP contribution is -2.16. The molecular weight excluding hydrogens is 337 g/mol. The number of sulfonamides is 1. The highest BCUT2D eigenvalue weighted by Crippen LogP contribution is 2.25. The van der Waals surface area contributed by atoms with E-state index in [2.05, 4.69) is 14.7 Å². The molecule has 0 aliphatic carbocycles. The van der Waals surface area contributed by atoms with Crippen molar-refractivity contribution in [2.45, 2.75) is 25.7 Å². The van der Waals surface area contributed by atoms with Crippen LogP contribution in [0.3, 0.4) is 0 Å². The lowest BCUT2D eigenvalue weighted by Gasteiger charge is -2.13. The van der Waals surface area contributed by atoms with Crippen LogP contribution < -0.4 is 14.2 Å². The van der Waals surface area contributed by atoms with Crippen LogP contribution in [0.4, 0.5) is 10.1 Å². The molecule has 1 aromatic heterocycles. The molecule has 9 heteroatoms. The maximum Gasteiger partial charge on any atom is 0.316 e. The van der Waals surface area contributed by atoms with Crippen LogP contribution in [0.1, 0.15) is 18.3 Å². The van der Waals surface area contributed by atoms with Gasteiger partial charge in [0.15, 0.2) is 11.6 Å². The maximum atomic E-state index is 13.9. The van der Waals surface area contributed by atoms with Crippen molar-refractivity contribution in [1.82, 2.24) is 9.97 Å². The molecule has 0 bridgehead atoms. The number of rotatable bonds is 6. The van der Waals surface area contributed by atoms with Gasteiger partial charge in [-0.25, -0.2) is 12.8 Å². The Labute approximate surface area is 139 Å². The third kappa shape index (κ3) is 3.73. The molecule has 24 heavy (non-hydrogen) atoms. The Hall–Kier alpha value is -2.42. The second kappa shape index (κ2) is 7.00. The number of aryl methyl sites for hydroxylation is 2. The van der Waals surface area contributed by atoms with Crippen molar-refractivity contribution in [3.63, 3.8) is 0 Å². The first kappa shape index (κ1) is 17.9. The van der Waals surface area contributed by atoms with E-state index in [9.17, 15) is 12.8 Å². The second-order valence-electron chi connectivity index (χ2n) is 4.89. The van der Waals surface area contributed by atoms with E-state index >= 15 is 0 Å². The predicted octanol–water partition coefficient (Wildman–Crippen LogP) is 2.44. The summed E-state index contributed by atoms with van der Waals surface area (Å²) in [4.78, 5) is 7.84. The summed E-state index contributed by atoms with van der Waals surface area (Å²) in [5, 5.41) is 0. The minimum Gasteiger partial charge on any atom is -0.491 e. The van der Waals surface area contributed by atoms with Gasteiger partial charge in [-0.2, -0.15) is 9.97 Å². The van der Waals surface area contributed by atoms with Gasteiger partial charge in [-0.3, -0.25) is 4.72 Å². The summed E-state index contributed by atoms with van der Waals surface area (Å²) >= 11 is 0. The first-order valence-electron chi connectivity index (χ1n) is 7.13.